The summed E-state index contributed by atoms with van der Waals surface area (Å²) in [4.78, 5) is 13.5. The SMILES string of the molecule is O=C(Nc1ccc(S(=O)(=O)N2CCCCC2)cc1)C1(c2ccc(F)cc2)CCCC1. The monoisotopic (exact) mass is 430 g/mol. The number of anilines is 1. The number of nitrogens with one attached hydrogen (secondary N) is 1. The van der Waals surface area contributed by atoms with E-state index in [-0.39, 0.29) is 16.6 Å². The molecule has 2 aromatic carbocycles. The molecule has 1 aliphatic heterocycles. The Morgan fingerprint density at radius 1 is 0.867 bits per heavy atom. The van der Waals surface area contributed by atoms with Crippen LogP contribution in [0.5, 0.6) is 0 Å². The van der Waals surface area contributed by atoms with Crippen LogP contribution in [0, 0.1) is 5.82 Å². The highest BCUT2D eigenvalue weighted by Gasteiger charge is 2.42. The maximum atomic E-state index is 13.4. The van der Waals surface area contributed by atoms with E-state index in [0.29, 0.717) is 31.6 Å². The molecule has 1 saturated carbocycles. The minimum absolute atomic E-state index is 0.127. The van der Waals surface area contributed by atoms with E-state index in [4.69, 9.17) is 0 Å². The summed E-state index contributed by atoms with van der Waals surface area (Å²) >= 11 is 0. The molecule has 30 heavy (non-hydrogen) atoms. The average molecular weight is 431 g/mol. The van der Waals surface area contributed by atoms with Crippen molar-refractivity contribution in [2.24, 2.45) is 0 Å². The number of piperidine rings is 1. The number of amides is 1. The van der Waals surface area contributed by atoms with Gasteiger partial charge in [-0.25, -0.2) is 12.8 Å². The van der Waals surface area contributed by atoms with Crippen molar-refractivity contribution in [1.29, 1.82) is 0 Å². The van der Waals surface area contributed by atoms with E-state index in [1.165, 1.54) is 16.4 Å². The molecule has 2 fully saturated rings. The fourth-order valence-corrected chi connectivity index (χ4v) is 6.13. The molecule has 0 radical (unpaired) electrons. The van der Waals surface area contributed by atoms with Crippen LogP contribution in [-0.2, 0) is 20.2 Å². The van der Waals surface area contributed by atoms with E-state index in [9.17, 15) is 17.6 Å². The van der Waals surface area contributed by atoms with Gasteiger partial charge in [0.1, 0.15) is 5.82 Å². The zero-order valence-corrected chi connectivity index (χ0v) is 17.8. The fraction of sp³-hybridized carbons (Fsp3) is 0.435. The predicted octanol–water partition coefficient (Wildman–Crippen LogP) is 4.45. The van der Waals surface area contributed by atoms with Crippen LogP contribution in [0.25, 0.3) is 0 Å². The number of rotatable bonds is 5. The Kier molecular flexibility index (Phi) is 5.93. The number of carbonyl (C=O) groups excluding carboxylic acids is 1. The Balaban J connectivity index is 1.52. The van der Waals surface area contributed by atoms with E-state index in [0.717, 1.165) is 37.7 Å². The standard InChI is InChI=1S/C23H27FN2O3S/c24-19-8-6-18(7-9-19)23(14-2-3-15-23)22(27)25-20-10-12-21(13-11-20)30(28,29)26-16-4-1-5-17-26/h6-13H,1-5,14-17H2,(H,25,27). The Bertz CT molecular complexity index is 992. The van der Waals surface area contributed by atoms with Gasteiger partial charge in [-0.2, -0.15) is 4.31 Å². The normalized spacial score (nSPS) is 19.5. The number of nitrogens with zero attached hydrogens (tertiary/aromatic N) is 1. The smallest absolute Gasteiger partial charge is 0.243 e. The third-order valence-corrected chi connectivity index (χ3v) is 8.27. The molecule has 5 nitrogen and oxygen atoms in total. The highest BCUT2D eigenvalue weighted by Crippen LogP contribution is 2.42. The lowest BCUT2D eigenvalue weighted by molar-refractivity contribution is -0.121. The molecule has 1 heterocycles. The van der Waals surface area contributed by atoms with Gasteiger partial charge in [-0.15, -0.1) is 0 Å². The number of hydrogen-bond donors (Lipinski definition) is 1. The van der Waals surface area contributed by atoms with Crippen molar-refractivity contribution in [1.82, 2.24) is 4.31 Å². The second-order valence-corrected chi connectivity index (χ2v) is 10.2. The molecule has 0 unspecified atom stereocenters. The maximum absolute atomic E-state index is 13.4. The number of carbonyl (C=O) groups is 1. The number of halogens is 1. The van der Waals surface area contributed by atoms with Crippen LogP contribution < -0.4 is 5.32 Å². The molecule has 0 bridgehead atoms. The zero-order valence-electron chi connectivity index (χ0n) is 16.9. The van der Waals surface area contributed by atoms with Gasteiger partial charge in [0.05, 0.1) is 10.3 Å². The summed E-state index contributed by atoms with van der Waals surface area (Å²) in [6.07, 6.45) is 6.15. The number of sulfonamides is 1. The molecule has 1 aliphatic carbocycles. The summed E-state index contributed by atoms with van der Waals surface area (Å²) in [6.45, 7) is 1.11. The molecule has 0 atom stereocenters. The lowest BCUT2D eigenvalue weighted by Gasteiger charge is -2.28. The van der Waals surface area contributed by atoms with Gasteiger partial charge in [-0.1, -0.05) is 31.4 Å². The molecule has 1 N–H and O–H groups in total. The van der Waals surface area contributed by atoms with E-state index in [1.807, 2.05) is 0 Å². The van der Waals surface area contributed by atoms with Gasteiger partial charge in [-0.3, -0.25) is 4.79 Å². The van der Waals surface area contributed by atoms with Gasteiger partial charge in [0, 0.05) is 18.8 Å². The molecule has 2 aromatic rings. The Hall–Kier alpha value is -2.25. The van der Waals surface area contributed by atoms with Crippen molar-refractivity contribution in [3.8, 4) is 0 Å². The molecule has 2 aliphatic rings. The van der Waals surface area contributed by atoms with Gasteiger partial charge < -0.3 is 5.32 Å². The number of hydrogen-bond acceptors (Lipinski definition) is 3. The first-order chi connectivity index (χ1) is 14.4. The minimum atomic E-state index is -3.50. The van der Waals surface area contributed by atoms with E-state index in [1.54, 1.807) is 36.4 Å². The maximum Gasteiger partial charge on any atom is 0.243 e. The van der Waals surface area contributed by atoms with Crippen molar-refractivity contribution >= 4 is 21.6 Å². The molecular weight excluding hydrogens is 403 g/mol. The van der Waals surface area contributed by atoms with Crippen molar-refractivity contribution in [2.75, 3.05) is 18.4 Å². The summed E-state index contributed by atoms with van der Waals surface area (Å²) < 4.78 is 40.5. The summed E-state index contributed by atoms with van der Waals surface area (Å²) in [5.41, 5.74) is 0.709. The predicted molar refractivity (Wildman–Crippen MR) is 114 cm³/mol. The lowest BCUT2D eigenvalue weighted by Crippen LogP contribution is -2.38. The third kappa shape index (κ3) is 4.01. The van der Waals surface area contributed by atoms with Gasteiger partial charge in [0.2, 0.25) is 15.9 Å². The zero-order chi connectivity index (χ0) is 21.2. The van der Waals surface area contributed by atoms with Crippen LogP contribution in [0.1, 0.15) is 50.5 Å². The van der Waals surface area contributed by atoms with E-state index in [2.05, 4.69) is 5.32 Å². The molecular formula is C23H27FN2O3S. The molecule has 1 amide bonds. The Morgan fingerprint density at radius 3 is 2.07 bits per heavy atom. The van der Waals surface area contributed by atoms with Crippen LogP contribution in [0.4, 0.5) is 10.1 Å². The van der Waals surface area contributed by atoms with Crippen LogP contribution >= 0.6 is 0 Å². The first kappa shape index (κ1) is 21.0. The minimum Gasteiger partial charge on any atom is -0.325 e. The van der Waals surface area contributed by atoms with Crippen LogP contribution in [-0.4, -0.2) is 31.7 Å². The number of benzene rings is 2. The van der Waals surface area contributed by atoms with Gasteiger partial charge in [0.15, 0.2) is 0 Å². The molecule has 4 rings (SSSR count). The van der Waals surface area contributed by atoms with E-state index < -0.39 is 15.4 Å². The van der Waals surface area contributed by atoms with Crippen molar-refractivity contribution in [3.05, 3.63) is 59.9 Å². The second kappa shape index (κ2) is 8.47. The Labute approximate surface area is 177 Å². The highest BCUT2D eigenvalue weighted by molar-refractivity contribution is 7.89. The molecule has 0 spiro atoms. The van der Waals surface area contributed by atoms with E-state index >= 15 is 0 Å². The first-order valence-corrected chi connectivity index (χ1v) is 12.0. The first-order valence-electron chi connectivity index (χ1n) is 10.6. The molecule has 0 aromatic heterocycles. The van der Waals surface area contributed by atoms with Crippen molar-refractivity contribution < 1.29 is 17.6 Å². The molecule has 160 valence electrons. The largest absolute Gasteiger partial charge is 0.325 e. The van der Waals surface area contributed by atoms with Gasteiger partial charge in [-0.05, 0) is 67.6 Å². The lowest BCUT2D eigenvalue weighted by atomic mass is 9.78. The summed E-state index contributed by atoms with van der Waals surface area (Å²) in [5, 5.41) is 2.95. The van der Waals surface area contributed by atoms with Gasteiger partial charge >= 0.3 is 0 Å². The summed E-state index contributed by atoms with van der Waals surface area (Å²) in [6, 6.07) is 12.6. The topological polar surface area (TPSA) is 66.5 Å². The third-order valence-electron chi connectivity index (χ3n) is 6.35. The van der Waals surface area contributed by atoms with Gasteiger partial charge in [0.25, 0.3) is 0 Å². The van der Waals surface area contributed by atoms with Crippen molar-refractivity contribution in [2.45, 2.75) is 55.3 Å². The summed E-state index contributed by atoms with van der Waals surface area (Å²) in [7, 11) is -3.50. The van der Waals surface area contributed by atoms with Crippen LogP contribution in [0.2, 0.25) is 0 Å². The van der Waals surface area contributed by atoms with Crippen LogP contribution in [0.3, 0.4) is 0 Å². The van der Waals surface area contributed by atoms with Crippen LogP contribution in [0.15, 0.2) is 53.4 Å². The highest BCUT2D eigenvalue weighted by atomic mass is 32.2. The average Bonchev–Trinajstić information content (AvgIpc) is 3.26. The molecule has 7 heteroatoms. The molecule has 1 saturated heterocycles. The fourth-order valence-electron chi connectivity index (χ4n) is 4.61. The summed E-state index contributed by atoms with van der Waals surface area (Å²) in [5.74, 6) is -0.448. The van der Waals surface area contributed by atoms with Crippen molar-refractivity contribution in [3.63, 3.8) is 0 Å². The second-order valence-electron chi connectivity index (χ2n) is 8.24. The Morgan fingerprint density at radius 2 is 1.47 bits per heavy atom. The quantitative estimate of drug-likeness (QED) is 0.762.